The van der Waals surface area contributed by atoms with E-state index in [0.29, 0.717) is 11.6 Å². The number of ether oxygens (including phenoxy) is 1. The van der Waals surface area contributed by atoms with Crippen molar-refractivity contribution >= 4 is 29.3 Å². The maximum Gasteiger partial charge on any atom is 0.233 e. The monoisotopic (exact) mass is 328 g/mol. The maximum absolute atomic E-state index is 12.1. The van der Waals surface area contributed by atoms with E-state index < -0.39 is 0 Å². The number of nitrogens with one attached hydrogen (secondary N) is 1. The fourth-order valence-electron chi connectivity index (χ4n) is 2.13. The van der Waals surface area contributed by atoms with Gasteiger partial charge in [-0.05, 0) is 26.1 Å². The van der Waals surface area contributed by atoms with Crippen molar-refractivity contribution in [2.75, 3.05) is 33.3 Å². The Hall–Kier alpha value is -0.750. The predicted octanol–water partition coefficient (Wildman–Crippen LogP) is 2.27. The van der Waals surface area contributed by atoms with Gasteiger partial charge in [-0.3, -0.25) is 4.79 Å². The average Bonchev–Trinajstić information content (AvgIpc) is 2.47. The van der Waals surface area contributed by atoms with Gasteiger partial charge in [-0.1, -0.05) is 23.7 Å². The van der Waals surface area contributed by atoms with E-state index >= 15 is 0 Å². The highest BCUT2D eigenvalue weighted by molar-refractivity contribution is 8.00. The quantitative estimate of drug-likeness (QED) is 0.842. The zero-order valence-electron chi connectivity index (χ0n) is 12.3. The molecule has 1 fully saturated rings. The number of amides is 1. The van der Waals surface area contributed by atoms with Gasteiger partial charge in [-0.2, -0.15) is 0 Å². The summed E-state index contributed by atoms with van der Waals surface area (Å²) >= 11 is 7.58. The van der Waals surface area contributed by atoms with Gasteiger partial charge >= 0.3 is 0 Å². The minimum absolute atomic E-state index is 0.0109. The number of hydrogen-bond donors (Lipinski definition) is 1. The molecule has 4 nitrogen and oxygen atoms in total. The van der Waals surface area contributed by atoms with Crippen LogP contribution >= 0.6 is 23.4 Å². The molecule has 2 rings (SSSR count). The van der Waals surface area contributed by atoms with Crippen LogP contribution in [0.2, 0.25) is 5.02 Å². The number of halogens is 1. The van der Waals surface area contributed by atoms with E-state index in [1.54, 1.807) is 0 Å². The van der Waals surface area contributed by atoms with Crippen molar-refractivity contribution < 1.29 is 9.53 Å². The van der Waals surface area contributed by atoms with Gasteiger partial charge in [0.25, 0.3) is 0 Å². The van der Waals surface area contributed by atoms with E-state index in [9.17, 15) is 4.79 Å². The van der Waals surface area contributed by atoms with Crippen LogP contribution in [0, 0.1) is 0 Å². The number of nitrogens with zero attached hydrogens (tertiary/aromatic N) is 1. The second kappa shape index (κ2) is 8.03. The van der Waals surface area contributed by atoms with E-state index in [-0.39, 0.29) is 17.3 Å². The Labute approximate surface area is 135 Å². The molecule has 1 heterocycles. The van der Waals surface area contributed by atoms with Crippen molar-refractivity contribution in [1.29, 1.82) is 0 Å². The number of morpholine rings is 1. The summed E-state index contributed by atoms with van der Waals surface area (Å²) in [5, 5.41) is 3.45. The summed E-state index contributed by atoms with van der Waals surface area (Å²) in [6.45, 7) is 4.96. The lowest BCUT2D eigenvalue weighted by molar-refractivity contribution is -0.121. The first-order valence-corrected chi connectivity index (χ1v) is 8.31. The minimum atomic E-state index is -0.189. The number of carbonyl (C=O) groups is 1. The molecule has 0 aromatic heterocycles. The van der Waals surface area contributed by atoms with Crippen molar-refractivity contribution in [3.05, 3.63) is 29.3 Å². The van der Waals surface area contributed by atoms with Crippen LogP contribution in [0.5, 0.6) is 0 Å². The average molecular weight is 329 g/mol. The van der Waals surface area contributed by atoms with Crippen LogP contribution in [-0.2, 0) is 9.53 Å². The predicted molar refractivity (Wildman–Crippen MR) is 87.0 cm³/mol. The molecule has 1 N–H and O–H groups in total. The highest BCUT2D eigenvalue weighted by Gasteiger charge is 2.20. The molecule has 2 atom stereocenters. The largest absolute Gasteiger partial charge is 0.374 e. The molecule has 6 heteroatoms. The number of hydrogen-bond acceptors (Lipinski definition) is 4. The van der Waals surface area contributed by atoms with Crippen LogP contribution in [0.15, 0.2) is 29.2 Å². The first-order chi connectivity index (χ1) is 10.1. The van der Waals surface area contributed by atoms with Crippen molar-refractivity contribution in [1.82, 2.24) is 10.2 Å². The van der Waals surface area contributed by atoms with Crippen LogP contribution in [-0.4, -0.2) is 55.4 Å². The molecule has 21 heavy (non-hydrogen) atoms. The number of carbonyl (C=O) groups excluding carboxylic acids is 1. The Morgan fingerprint density at radius 3 is 3.05 bits per heavy atom. The molecule has 1 amide bonds. The van der Waals surface area contributed by atoms with Crippen LogP contribution in [0.25, 0.3) is 0 Å². The van der Waals surface area contributed by atoms with E-state index in [2.05, 4.69) is 17.3 Å². The summed E-state index contributed by atoms with van der Waals surface area (Å²) in [5.74, 6) is 0.0109. The number of rotatable bonds is 5. The number of benzene rings is 1. The second-order valence-electron chi connectivity index (χ2n) is 5.19. The van der Waals surface area contributed by atoms with Crippen LogP contribution in [0.3, 0.4) is 0 Å². The lowest BCUT2D eigenvalue weighted by Crippen LogP contribution is -2.47. The molecular weight excluding hydrogens is 308 g/mol. The fraction of sp³-hybridized carbons (Fsp3) is 0.533. The van der Waals surface area contributed by atoms with Crippen LogP contribution in [0.4, 0.5) is 0 Å². The van der Waals surface area contributed by atoms with Crippen LogP contribution < -0.4 is 5.32 Å². The topological polar surface area (TPSA) is 41.6 Å². The third-order valence-corrected chi connectivity index (χ3v) is 4.97. The zero-order chi connectivity index (χ0) is 15.2. The lowest BCUT2D eigenvalue weighted by Gasteiger charge is -2.30. The SMILES string of the molecule is C[C@@H](Sc1ccccc1Cl)C(=O)NC[C@H]1CN(C)CCO1. The molecule has 1 aliphatic heterocycles. The lowest BCUT2D eigenvalue weighted by atomic mass is 10.3. The van der Waals surface area contributed by atoms with Crippen molar-refractivity contribution in [2.45, 2.75) is 23.2 Å². The van der Waals surface area contributed by atoms with Gasteiger partial charge in [0.15, 0.2) is 0 Å². The third kappa shape index (κ3) is 5.18. The zero-order valence-corrected chi connectivity index (χ0v) is 13.9. The molecule has 1 aromatic rings. The molecule has 1 saturated heterocycles. The molecule has 0 radical (unpaired) electrons. The first-order valence-electron chi connectivity index (χ1n) is 7.05. The smallest absolute Gasteiger partial charge is 0.233 e. The minimum Gasteiger partial charge on any atom is -0.374 e. The molecule has 1 aromatic carbocycles. The van der Waals surface area contributed by atoms with Gasteiger partial charge in [-0.15, -0.1) is 11.8 Å². The summed E-state index contributed by atoms with van der Waals surface area (Å²) < 4.78 is 5.63. The van der Waals surface area contributed by atoms with Gasteiger partial charge in [0.05, 0.1) is 23.0 Å². The van der Waals surface area contributed by atoms with Gasteiger partial charge in [0.2, 0.25) is 5.91 Å². The van der Waals surface area contributed by atoms with Crippen molar-refractivity contribution in [3.63, 3.8) is 0 Å². The number of thioether (sulfide) groups is 1. The second-order valence-corrected chi connectivity index (χ2v) is 6.98. The molecule has 0 aliphatic carbocycles. The molecule has 0 spiro atoms. The standard InChI is InChI=1S/C15H21ClN2O2S/c1-11(21-14-6-4-3-5-13(14)16)15(19)17-9-12-10-18(2)7-8-20-12/h3-6,11-12H,7-10H2,1-2H3,(H,17,19)/t11-,12+/m1/s1. The summed E-state index contributed by atoms with van der Waals surface area (Å²) in [6.07, 6.45) is 0.0743. The third-order valence-electron chi connectivity index (χ3n) is 3.36. The van der Waals surface area contributed by atoms with Crippen LogP contribution in [0.1, 0.15) is 6.92 Å². The molecule has 0 saturated carbocycles. The van der Waals surface area contributed by atoms with E-state index in [1.165, 1.54) is 11.8 Å². The Kier molecular flexibility index (Phi) is 6.36. The summed E-state index contributed by atoms with van der Waals surface area (Å²) in [6, 6.07) is 7.56. The highest BCUT2D eigenvalue weighted by Crippen LogP contribution is 2.29. The fourth-order valence-corrected chi connectivity index (χ4v) is 3.31. The van der Waals surface area contributed by atoms with Gasteiger partial charge in [0.1, 0.15) is 0 Å². The molecular formula is C15H21ClN2O2S. The first kappa shape index (κ1) is 16.6. The van der Waals surface area contributed by atoms with Gasteiger partial charge in [-0.25, -0.2) is 0 Å². The summed E-state index contributed by atoms with van der Waals surface area (Å²) in [5.41, 5.74) is 0. The van der Waals surface area contributed by atoms with E-state index in [4.69, 9.17) is 16.3 Å². The highest BCUT2D eigenvalue weighted by atomic mass is 35.5. The Bertz CT molecular complexity index is 486. The van der Waals surface area contributed by atoms with Gasteiger partial charge < -0.3 is 15.0 Å². The van der Waals surface area contributed by atoms with E-state index in [0.717, 1.165) is 24.6 Å². The molecule has 0 bridgehead atoms. The molecule has 1 aliphatic rings. The number of likely N-dealkylation sites (N-methyl/N-ethyl adjacent to an activating group) is 1. The van der Waals surface area contributed by atoms with Crippen molar-refractivity contribution in [2.24, 2.45) is 0 Å². The van der Waals surface area contributed by atoms with E-state index in [1.807, 2.05) is 31.2 Å². The van der Waals surface area contributed by atoms with Gasteiger partial charge in [0, 0.05) is 24.5 Å². The molecule has 0 unspecified atom stereocenters. The Balaban J connectivity index is 1.78. The molecule has 116 valence electrons. The normalized spacial score (nSPS) is 21.0. The van der Waals surface area contributed by atoms with Crippen molar-refractivity contribution in [3.8, 4) is 0 Å². The Morgan fingerprint density at radius 2 is 2.33 bits per heavy atom. The summed E-state index contributed by atoms with van der Waals surface area (Å²) in [4.78, 5) is 15.3. The summed E-state index contributed by atoms with van der Waals surface area (Å²) in [7, 11) is 2.06. The Morgan fingerprint density at radius 1 is 1.57 bits per heavy atom. The maximum atomic E-state index is 12.1.